The minimum atomic E-state index is -0.396. The maximum Gasteiger partial charge on any atom is 0.263 e. The average molecular weight is 388 g/mol. The third-order valence-corrected chi connectivity index (χ3v) is 5.84. The Morgan fingerprint density at radius 2 is 2.12 bits per heavy atom. The highest BCUT2D eigenvalue weighted by Gasteiger charge is 2.23. The van der Waals surface area contributed by atoms with Crippen molar-refractivity contribution in [1.82, 2.24) is 20.2 Å². The van der Waals surface area contributed by atoms with Gasteiger partial charge in [-0.1, -0.05) is 6.07 Å². The number of carbonyl (C=O) groups excluding carboxylic acids is 2. The van der Waals surface area contributed by atoms with Crippen LogP contribution in [0.3, 0.4) is 0 Å². The van der Waals surface area contributed by atoms with Crippen molar-refractivity contribution < 1.29 is 9.59 Å². The van der Waals surface area contributed by atoms with Gasteiger partial charge in [0.15, 0.2) is 0 Å². The van der Waals surface area contributed by atoms with Crippen molar-refractivity contribution in [2.75, 3.05) is 6.54 Å². The average Bonchev–Trinajstić information content (AvgIpc) is 3.11. The van der Waals surface area contributed by atoms with Crippen molar-refractivity contribution in [2.24, 2.45) is 0 Å². The molecule has 26 heavy (non-hydrogen) atoms. The zero-order valence-corrected chi connectivity index (χ0v) is 15.4. The first-order valence-electron chi connectivity index (χ1n) is 8.18. The molecule has 0 unspecified atom stereocenters. The number of hydrogen-bond donors (Lipinski definition) is 2. The lowest BCUT2D eigenvalue weighted by Gasteiger charge is -2.08. The van der Waals surface area contributed by atoms with Crippen LogP contribution >= 0.6 is 22.7 Å². The second-order valence-corrected chi connectivity index (χ2v) is 7.91. The van der Waals surface area contributed by atoms with Crippen molar-refractivity contribution >= 4 is 44.7 Å². The van der Waals surface area contributed by atoms with Gasteiger partial charge in [0, 0.05) is 21.9 Å². The molecule has 4 rings (SSSR count). The normalized spacial score (nSPS) is 13.7. The molecule has 1 aliphatic carbocycles. The molecule has 3 heterocycles. The molecule has 2 amide bonds. The van der Waals surface area contributed by atoms with Crippen LogP contribution in [0.25, 0.3) is 20.7 Å². The first-order chi connectivity index (χ1) is 12.6. The first kappa shape index (κ1) is 16.9. The third-order valence-electron chi connectivity index (χ3n) is 4.05. The number of carbonyl (C=O) groups is 2. The number of hydrogen-bond acceptors (Lipinski definition) is 6. The molecule has 1 saturated carbocycles. The lowest BCUT2D eigenvalue weighted by Crippen LogP contribution is -2.40. The van der Waals surface area contributed by atoms with Crippen LogP contribution in [0.15, 0.2) is 34.0 Å². The summed E-state index contributed by atoms with van der Waals surface area (Å²) in [6.07, 6.45) is 3.37. The third kappa shape index (κ3) is 3.54. The number of nitrogens with one attached hydrogen (secondary N) is 2. The van der Waals surface area contributed by atoms with Crippen LogP contribution in [0.1, 0.15) is 12.8 Å². The van der Waals surface area contributed by atoms with Gasteiger partial charge in [-0.2, -0.15) is 0 Å². The molecule has 0 spiro atoms. The minimum Gasteiger partial charge on any atom is -0.352 e. The minimum absolute atomic E-state index is 0.0847. The maximum absolute atomic E-state index is 12.8. The molecule has 1 aliphatic rings. The summed E-state index contributed by atoms with van der Waals surface area (Å²) in [4.78, 5) is 42.5. The summed E-state index contributed by atoms with van der Waals surface area (Å²) in [7, 11) is 0. The maximum atomic E-state index is 12.8. The molecule has 0 atom stereocenters. The fourth-order valence-electron chi connectivity index (χ4n) is 2.59. The van der Waals surface area contributed by atoms with Crippen molar-refractivity contribution in [3.8, 4) is 10.4 Å². The van der Waals surface area contributed by atoms with Crippen molar-refractivity contribution in [1.29, 1.82) is 0 Å². The Hall–Kier alpha value is -2.52. The standard InChI is InChI=1S/C17H16N4O3S2/c22-13(20-10-3-4-10)6-18-14(23)7-21-9-19-16-15(17(21)24)11(8-26-16)12-2-1-5-25-12/h1-2,5,8-10H,3-4,6-7H2,(H,18,23)(H,20,22). The van der Waals surface area contributed by atoms with Gasteiger partial charge in [0.2, 0.25) is 11.8 Å². The highest BCUT2D eigenvalue weighted by atomic mass is 32.1. The van der Waals surface area contributed by atoms with Crippen LogP contribution < -0.4 is 16.2 Å². The zero-order valence-electron chi connectivity index (χ0n) is 13.7. The lowest BCUT2D eigenvalue weighted by molar-refractivity contribution is -0.126. The first-order valence-corrected chi connectivity index (χ1v) is 9.94. The molecule has 3 aromatic heterocycles. The van der Waals surface area contributed by atoms with Crippen LogP contribution in [0.2, 0.25) is 0 Å². The Labute approximate surface area is 156 Å². The van der Waals surface area contributed by atoms with Gasteiger partial charge in [-0.25, -0.2) is 4.98 Å². The molecule has 0 saturated heterocycles. The molecule has 0 radical (unpaired) electrons. The van der Waals surface area contributed by atoms with E-state index in [1.165, 1.54) is 22.2 Å². The molecule has 1 fully saturated rings. The number of amides is 2. The molecule has 7 nitrogen and oxygen atoms in total. The fraction of sp³-hybridized carbons (Fsp3) is 0.294. The second kappa shape index (κ2) is 7.00. The summed E-state index contributed by atoms with van der Waals surface area (Å²) in [6, 6.07) is 4.13. The largest absolute Gasteiger partial charge is 0.352 e. The number of aromatic nitrogens is 2. The summed E-state index contributed by atoms with van der Waals surface area (Å²) in [5.74, 6) is -0.605. The quantitative estimate of drug-likeness (QED) is 0.671. The molecule has 9 heteroatoms. The Kier molecular flexibility index (Phi) is 4.56. The SMILES string of the molecule is O=C(Cn1cnc2scc(-c3cccs3)c2c1=O)NCC(=O)NC1CC1. The van der Waals surface area contributed by atoms with Crippen molar-refractivity contribution in [3.63, 3.8) is 0 Å². The Morgan fingerprint density at radius 3 is 2.85 bits per heavy atom. The van der Waals surface area contributed by atoms with Crippen LogP contribution in [-0.4, -0.2) is 34.0 Å². The van der Waals surface area contributed by atoms with E-state index >= 15 is 0 Å². The van der Waals surface area contributed by atoms with Gasteiger partial charge >= 0.3 is 0 Å². The van der Waals surface area contributed by atoms with Gasteiger partial charge in [0.1, 0.15) is 11.4 Å². The highest BCUT2D eigenvalue weighted by molar-refractivity contribution is 7.18. The number of thiophene rings is 2. The molecule has 0 aliphatic heterocycles. The topological polar surface area (TPSA) is 93.1 Å². The molecular weight excluding hydrogens is 372 g/mol. The Bertz CT molecular complexity index is 1020. The number of fused-ring (bicyclic) bond motifs is 1. The molecular formula is C17H16N4O3S2. The van der Waals surface area contributed by atoms with E-state index in [-0.39, 0.29) is 30.6 Å². The van der Waals surface area contributed by atoms with E-state index < -0.39 is 5.91 Å². The molecule has 3 aromatic rings. The van der Waals surface area contributed by atoms with E-state index in [4.69, 9.17) is 0 Å². The molecule has 2 N–H and O–H groups in total. The van der Waals surface area contributed by atoms with Crippen molar-refractivity contribution in [3.05, 3.63) is 39.6 Å². The van der Waals surface area contributed by atoms with Gasteiger partial charge in [0.25, 0.3) is 5.56 Å². The van der Waals surface area contributed by atoms with E-state index in [2.05, 4.69) is 15.6 Å². The smallest absolute Gasteiger partial charge is 0.263 e. The predicted octanol–water partition coefficient (Wildman–Crippen LogP) is 1.58. The fourth-order valence-corrected chi connectivity index (χ4v) is 4.31. The van der Waals surface area contributed by atoms with Crippen molar-refractivity contribution in [2.45, 2.75) is 25.4 Å². The van der Waals surface area contributed by atoms with E-state index in [9.17, 15) is 14.4 Å². The molecule has 0 aromatic carbocycles. The van der Waals surface area contributed by atoms with Crippen LogP contribution in [0.5, 0.6) is 0 Å². The van der Waals surface area contributed by atoms with Gasteiger partial charge < -0.3 is 10.6 Å². The summed E-state index contributed by atoms with van der Waals surface area (Å²) < 4.78 is 1.28. The summed E-state index contributed by atoms with van der Waals surface area (Å²) >= 11 is 2.96. The summed E-state index contributed by atoms with van der Waals surface area (Å²) in [5.41, 5.74) is 0.591. The molecule has 134 valence electrons. The highest BCUT2D eigenvalue weighted by Crippen LogP contribution is 2.33. The second-order valence-electron chi connectivity index (χ2n) is 6.10. The van der Waals surface area contributed by atoms with Crippen LogP contribution in [0, 0.1) is 0 Å². The monoisotopic (exact) mass is 388 g/mol. The van der Waals surface area contributed by atoms with E-state index in [0.717, 1.165) is 23.3 Å². The lowest BCUT2D eigenvalue weighted by atomic mass is 10.2. The Balaban J connectivity index is 1.50. The van der Waals surface area contributed by atoms with E-state index in [1.54, 1.807) is 11.3 Å². The van der Waals surface area contributed by atoms with Crippen LogP contribution in [-0.2, 0) is 16.1 Å². The number of rotatable bonds is 6. The van der Waals surface area contributed by atoms with E-state index in [1.807, 2.05) is 22.9 Å². The van der Waals surface area contributed by atoms with Crippen LogP contribution in [0.4, 0.5) is 0 Å². The summed E-state index contributed by atoms with van der Waals surface area (Å²) in [6.45, 7) is -0.253. The molecule has 0 bridgehead atoms. The van der Waals surface area contributed by atoms with Gasteiger partial charge in [-0.3, -0.25) is 19.0 Å². The van der Waals surface area contributed by atoms with Gasteiger partial charge in [0.05, 0.1) is 18.3 Å². The van der Waals surface area contributed by atoms with Gasteiger partial charge in [-0.15, -0.1) is 22.7 Å². The zero-order chi connectivity index (χ0) is 18.1. The summed E-state index contributed by atoms with van der Waals surface area (Å²) in [5, 5.41) is 9.73. The number of nitrogens with zero attached hydrogens (tertiary/aromatic N) is 2. The van der Waals surface area contributed by atoms with Gasteiger partial charge in [-0.05, 0) is 24.3 Å². The van der Waals surface area contributed by atoms with E-state index in [0.29, 0.717) is 10.2 Å². The Morgan fingerprint density at radius 1 is 1.27 bits per heavy atom. The predicted molar refractivity (Wildman–Crippen MR) is 101 cm³/mol.